The van der Waals surface area contributed by atoms with Crippen molar-refractivity contribution in [3.63, 3.8) is 0 Å². The van der Waals surface area contributed by atoms with E-state index in [1.54, 1.807) is 16.7 Å². The van der Waals surface area contributed by atoms with E-state index in [1.165, 1.54) is 6.07 Å². The summed E-state index contributed by atoms with van der Waals surface area (Å²) in [6, 6.07) is 10.2. The minimum Gasteiger partial charge on any atom is -0.291 e. The zero-order valence-electron chi connectivity index (χ0n) is 10.1. The summed E-state index contributed by atoms with van der Waals surface area (Å²) in [7, 11) is 0. The van der Waals surface area contributed by atoms with Crippen LogP contribution >= 0.6 is 39.1 Å². The van der Waals surface area contributed by atoms with Gasteiger partial charge in [-0.1, -0.05) is 33.6 Å². The van der Waals surface area contributed by atoms with E-state index in [4.69, 9.17) is 23.2 Å². The summed E-state index contributed by atoms with van der Waals surface area (Å²) in [6.45, 7) is 0. The zero-order chi connectivity index (χ0) is 14.3. The Hall–Kier alpha value is -1.10. The van der Waals surface area contributed by atoms with Gasteiger partial charge in [-0.05, 0) is 30.3 Å². The summed E-state index contributed by atoms with van der Waals surface area (Å²) < 4.78 is 16.7. The second kappa shape index (κ2) is 5.35. The summed E-state index contributed by atoms with van der Waals surface area (Å²) in [4.78, 5) is 4.42. The molecule has 3 rings (SSSR count). The van der Waals surface area contributed by atoms with E-state index in [2.05, 4.69) is 20.9 Å². The maximum atomic E-state index is 14.2. The molecule has 0 radical (unpaired) electrons. The highest BCUT2D eigenvalue weighted by Gasteiger charge is 2.17. The molecule has 0 aliphatic rings. The first kappa shape index (κ1) is 13.9. The van der Waals surface area contributed by atoms with Crippen LogP contribution in [0.15, 0.2) is 40.9 Å². The monoisotopic (exact) mass is 372 g/mol. The molecule has 3 aromatic rings. The Morgan fingerprint density at radius 2 is 2.05 bits per heavy atom. The Kier molecular flexibility index (Phi) is 3.71. The number of hydrogen-bond donors (Lipinski definition) is 0. The molecule has 102 valence electrons. The van der Waals surface area contributed by atoms with Crippen molar-refractivity contribution < 1.29 is 4.39 Å². The molecule has 2 aromatic carbocycles. The van der Waals surface area contributed by atoms with Crippen LogP contribution < -0.4 is 0 Å². The Balaban J connectivity index is 2.42. The number of aromatic nitrogens is 2. The topological polar surface area (TPSA) is 17.8 Å². The number of hydrogen-bond acceptors (Lipinski definition) is 1. The minimum atomic E-state index is -0.414. The molecule has 0 amide bonds. The second-order valence-electron chi connectivity index (χ2n) is 4.20. The summed E-state index contributed by atoms with van der Waals surface area (Å²) in [5.41, 5.74) is 1.76. The molecule has 6 heteroatoms. The largest absolute Gasteiger partial charge is 0.291 e. The van der Waals surface area contributed by atoms with Crippen molar-refractivity contribution in [2.24, 2.45) is 0 Å². The minimum absolute atomic E-state index is 0.164. The third-order valence-corrected chi connectivity index (χ3v) is 4.00. The van der Waals surface area contributed by atoms with E-state index in [0.29, 0.717) is 10.8 Å². The SMILES string of the molecule is Fc1cccc(Cl)c1-n1c(CCl)nc2ccc(Br)cc21. The predicted molar refractivity (Wildman–Crippen MR) is 83.3 cm³/mol. The van der Waals surface area contributed by atoms with Crippen LogP contribution in [0.5, 0.6) is 0 Å². The highest BCUT2D eigenvalue weighted by Crippen LogP contribution is 2.30. The summed E-state index contributed by atoms with van der Waals surface area (Å²) >= 11 is 15.5. The number of nitrogens with zero attached hydrogens (tertiary/aromatic N) is 2. The van der Waals surface area contributed by atoms with Gasteiger partial charge >= 0.3 is 0 Å². The molecule has 0 aliphatic heterocycles. The average Bonchev–Trinajstić information content (AvgIpc) is 2.77. The lowest BCUT2D eigenvalue weighted by Gasteiger charge is -2.11. The fourth-order valence-corrected chi connectivity index (χ4v) is 2.92. The van der Waals surface area contributed by atoms with E-state index in [0.717, 1.165) is 15.5 Å². The lowest BCUT2D eigenvalue weighted by atomic mass is 10.2. The van der Waals surface area contributed by atoms with Crippen LogP contribution in [0, 0.1) is 5.82 Å². The lowest BCUT2D eigenvalue weighted by molar-refractivity contribution is 0.618. The molecule has 0 saturated carbocycles. The van der Waals surface area contributed by atoms with Crippen LogP contribution in [-0.2, 0) is 5.88 Å². The number of rotatable bonds is 2. The van der Waals surface area contributed by atoms with Crippen molar-refractivity contribution in [3.8, 4) is 5.69 Å². The van der Waals surface area contributed by atoms with Gasteiger partial charge in [0, 0.05) is 4.47 Å². The van der Waals surface area contributed by atoms with Gasteiger partial charge in [0.15, 0.2) is 0 Å². The van der Waals surface area contributed by atoms with E-state index in [9.17, 15) is 4.39 Å². The van der Waals surface area contributed by atoms with Gasteiger partial charge in [-0.25, -0.2) is 9.37 Å². The number of halogens is 4. The lowest BCUT2D eigenvalue weighted by Crippen LogP contribution is -2.03. The van der Waals surface area contributed by atoms with E-state index in [1.807, 2.05) is 18.2 Å². The molecule has 0 atom stereocenters. The van der Waals surface area contributed by atoms with Crippen molar-refractivity contribution in [3.05, 3.63) is 57.5 Å². The molecular formula is C14H8BrCl2FN2. The number of benzene rings is 2. The van der Waals surface area contributed by atoms with Gasteiger partial charge in [-0.15, -0.1) is 11.6 Å². The van der Waals surface area contributed by atoms with E-state index < -0.39 is 5.82 Å². The second-order valence-corrected chi connectivity index (χ2v) is 5.79. The molecule has 0 N–H and O–H groups in total. The third kappa shape index (κ3) is 2.22. The molecule has 1 heterocycles. The Labute approximate surface area is 133 Å². The number of fused-ring (bicyclic) bond motifs is 1. The van der Waals surface area contributed by atoms with Crippen molar-refractivity contribution in [1.82, 2.24) is 9.55 Å². The van der Waals surface area contributed by atoms with Gasteiger partial charge in [0.2, 0.25) is 0 Å². The Morgan fingerprint density at radius 3 is 2.75 bits per heavy atom. The predicted octanol–water partition coefficient (Wildman–Crippen LogP) is 5.32. The molecule has 0 unspecified atom stereocenters. The molecule has 0 spiro atoms. The number of para-hydroxylation sites is 1. The molecule has 0 saturated heterocycles. The molecular weight excluding hydrogens is 366 g/mol. The van der Waals surface area contributed by atoms with Crippen LogP contribution in [0.2, 0.25) is 5.02 Å². The highest BCUT2D eigenvalue weighted by molar-refractivity contribution is 9.10. The Morgan fingerprint density at radius 1 is 1.25 bits per heavy atom. The summed E-state index contributed by atoms with van der Waals surface area (Å²) in [5.74, 6) is 0.298. The van der Waals surface area contributed by atoms with E-state index >= 15 is 0 Å². The average molecular weight is 374 g/mol. The van der Waals surface area contributed by atoms with Crippen LogP contribution in [0.25, 0.3) is 16.7 Å². The van der Waals surface area contributed by atoms with Crippen molar-refractivity contribution in [1.29, 1.82) is 0 Å². The fraction of sp³-hybridized carbons (Fsp3) is 0.0714. The van der Waals surface area contributed by atoms with Crippen LogP contribution in [0.4, 0.5) is 4.39 Å². The molecule has 20 heavy (non-hydrogen) atoms. The third-order valence-electron chi connectivity index (χ3n) is 2.97. The molecule has 1 aromatic heterocycles. The normalized spacial score (nSPS) is 11.2. The van der Waals surface area contributed by atoms with Gasteiger partial charge < -0.3 is 0 Å². The summed E-state index contributed by atoms with van der Waals surface area (Å²) in [6.07, 6.45) is 0. The van der Waals surface area contributed by atoms with Crippen LogP contribution in [0.3, 0.4) is 0 Å². The quantitative estimate of drug-likeness (QED) is 0.556. The zero-order valence-corrected chi connectivity index (χ0v) is 13.2. The maximum absolute atomic E-state index is 14.2. The van der Waals surface area contributed by atoms with Gasteiger partial charge in [-0.2, -0.15) is 0 Å². The number of alkyl halides is 1. The molecule has 0 bridgehead atoms. The van der Waals surface area contributed by atoms with Gasteiger partial charge in [0.1, 0.15) is 17.3 Å². The van der Waals surface area contributed by atoms with Crippen LogP contribution in [-0.4, -0.2) is 9.55 Å². The van der Waals surface area contributed by atoms with Gasteiger partial charge in [0.25, 0.3) is 0 Å². The van der Waals surface area contributed by atoms with Gasteiger partial charge in [-0.3, -0.25) is 4.57 Å². The van der Waals surface area contributed by atoms with Crippen molar-refractivity contribution in [2.45, 2.75) is 5.88 Å². The van der Waals surface area contributed by atoms with Crippen molar-refractivity contribution in [2.75, 3.05) is 0 Å². The fourth-order valence-electron chi connectivity index (χ4n) is 2.14. The molecule has 0 aliphatic carbocycles. The highest BCUT2D eigenvalue weighted by atomic mass is 79.9. The molecule has 2 nitrogen and oxygen atoms in total. The van der Waals surface area contributed by atoms with Crippen molar-refractivity contribution >= 4 is 50.2 Å². The Bertz CT molecular complexity index is 781. The maximum Gasteiger partial charge on any atom is 0.148 e. The van der Waals surface area contributed by atoms with E-state index in [-0.39, 0.29) is 11.6 Å². The smallest absolute Gasteiger partial charge is 0.148 e. The first-order valence-corrected chi connectivity index (χ1v) is 7.49. The van der Waals surface area contributed by atoms with Gasteiger partial charge in [0.05, 0.1) is 21.9 Å². The molecule has 0 fully saturated rings. The summed E-state index contributed by atoms with van der Waals surface area (Å²) in [5, 5.41) is 0.315. The first-order chi connectivity index (χ1) is 9.61. The van der Waals surface area contributed by atoms with Crippen LogP contribution in [0.1, 0.15) is 5.82 Å². The first-order valence-electron chi connectivity index (χ1n) is 5.79. The standard InChI is InChI=1S/C14H8BrCl2FN2/c15-8-4-5-11-12(6-8)20(13(7-16)19-11)14-9(17)2-1-3-10(14)18/h1-6H,7H2. The number of imidazole rings is 1.